The summed E-state index contributed by atoms with van der Waals surface area (Å²) in [4.78, 5) is 0.211. The molecule has 7 heteroatoms. The van der Waals surface area contributed by atoms with Crippen molar-refractivity contribution in [1.29, 1.82) is 0 Å². The number of nitrogens with one attached hydrogen (secondary N) is 2. The van der Waals surface area contributed by atoms with Gasteiger partial charge in [-0.2, -0.15) is 0 Å². The van der Waals surface area contributed by atoms with Gasteiger partial charge in [-0.3, -0.25) is 0 Å². The fourth-order valence-electron chi connectivity index (χ4n) is 2.59. The van der Waals surface area contributed by atoms with Crippen molar-refractivity contribution >= 4 is 22.4 Å². The van der Waals surface area contributed by atoms with E-state index in [0.717, 1.165) is 18.7 Å². The number of sulfonamides is 1. The van der Waals surface area contributed by atoms with E-state index in [-0.39, 0.29) is 23.8 Å². The van der Waals surface area contributed by atoms with Crippen LogP contribution in [0.25, 0.3) is 0 Å². The van der Waals surface area contributed by atoms with Crippen LogP contribution >= 0.6 is 12.4 Å². The van der Waals surface area contributed by atoms with Crippen LogP contribution in [0.1, 0.15) is 28.2 Å². The molecule has 0 bridgehead atoms. The second-order valence-corrected chi connectivity index (χ2v) is 7.04. The molecule has 1 aliphatic rings. The molecule has 22 heavy (non-hydrogen) atoms. The number of rotatable bonds is 4. The molecule has 5 nitrogen and oxygen atoms in total. The van der Waals surface area contributed by atoms with Crippen molar-refractivity contribution in [3.05, 3.63) is 52.5 Å². The summed E-state index contributed by atoms with van der Waals surface area (Å²) in [6.45, 7) is 5.40. The Morgan fingerprint density at radius 2 is 1.91 bits per heavy atom. The molecule has 1 aromatic heterocycles. The molecule has 0 aliphatic carbocycles. The standard InChI is InChI=1S/C15H18N2O3S.ClH/c1-10-5-15(11(2)20-10)21(18,19)17-7-12-3-4-13-8-16-9-14(13)6-12;/h3-6,16-17H,7-9H2,1-2H3;1H. The Morgan fingerprint density at radius 3 is 2.59 bits per heavy atom. The Morgan fingerprint density at radius 1 is 1.18 bits per heavy atom. The van der Waals surface area contributed by atoms with Crippen LogP contribution < -0.4 is 10.0 Å². The molecule has 2 aromatic rings. The first-order valence-corrected chi connectivity index (χ1v) is 8.32. The average Bonchev–Trinajstić information content (AvgIpc) is 3.02. The molecular weight excluding hydrogens is 324 g/mol. The molecule has 1 aromatic carbocycles. The Hall–Kier alpha value is -1.34. The first-order valence-electron chi connectivity index (χ1n) is 6.84. The molecule has 0 saturated heterocycles. The molecule has 0 saturated carbocycles. The highest BCUT2D eigenvalue weighted by molar-refractivity contribution is 7.89. The lowest BCUT2D eigenvalue weighted by molar-refractivity contribution is 0.495. The predicted octanol–water partition coefficient (Wildman–Crippen LogP) is 2.40. The van der Waals surface area contributed by atoms with Crippen molar-refractivity contribution in [1.82, 2.24) is 10.0 Å². The van der Waals surface area contributed by atoms with Crippen molar-refractivity contribution in [2.24, 2.45) is 0 Å². The van der Waals surface area contributed by atoms with E-state index in [1.807, 2.05) is 18.2 Å². The normalized spacial score (nSPS) is 13.7. The molecule has 120 valence electrons. The second-order valence-electron chi connectivity index (χ2n) is 5.31. The zero-order valence-corrected chi connectivity index (χ0v) is 14.1. The number of fused-ring (bicyclic) bond motifs is 1. The topological polar surface area (TPSA) is 71.3 Å². The first-order chi connectivity index (χ1) is 9.95. The molecule has 2 heterocycles. The van der Waals surface area contributed by atoms with Crippen LogP contribution in [-0.2, 0) is 29.7 Å². The van der Waals surface area contributed by atoms with Crippen LogP contribution in [0.4, 0.5) is 0 Å². The molecule has 0 radical (unpaired) electrons. The molecule has 1 aliphatic heterocycles. The SMILES string of the molecule is Cc1cc(S(=O)(=O)NCc2ccc3c(c2)CNC3)c(C)o1.Cl. The number of aryl methyl sites for hydroxylation is 2. The van der Waals surface area contributed by atoms with Crippen molar-refractivity contribution in [3.63, 3.8) is 0 Å². The van der Waals surface area contributed by atoms with Gasteiger partial charge in [0.1, 0.15) is 16.4 Å². The maximum absolute atomic E-state index is 12.3. The summed E-state index contributed by atoms with van der Waals surface area (Å²) in [7, 11) is -3.54. The van der Waals surface area contributed by atoms with E-state index in [0.29, 0.717) is 11.5 Å². The minimum atomic E-state index is -3.54. The average molecular weight is 343 g/mol. The van der Waals surface area contributed by atoms with Gasteiger partial charge in [0.25, 0.3) is 0 Å². The summed E-state index contributed by atoms with van der Waals surface area (Å²) in [6.07, 6.45) is 0. The molecule has 2 N–H and O–H groups in total. The fraction of sp³-hybridized carbons (Fsp3) is 0.333. The van der Waals surface area contributed by atoms with E-state index in [2.05, 4.69) is 10.0 Å². The van der Waals surface area contributed by atoms with Crippen molar-refractivity contribution in [2.45, 2.75) is 38.4 Å². The predicted molar refractivity (Wildman–Crippen MR) is 86.4 cm³/mol. The molecule has 0 spiro atoms. The number of hydrogen-bond acceptors (Lipinski definition) is 4. The van der Waals surface area contributed by atoms with Crippen LogP contribution in [0.3, 0.4) is 0 Å². The third-order valence-electron chi connectivity index (χ3n) is 3.65. The molecule has 0 amide bonds. The van der Waals surface area contributed by atoms with Crippen LogP contribution in [0, 0.1) is 13.8 Å². The van der Waals surface area contributed by atoms with Crippen LogP contribution in [-0.4, -0.2) is 8.42 Å². The van der Waals surface area contributed by atoms with Gasteiger partial charge in [-0.15, -0.1) is 12.4 Å². The number of benzene rings is 1. The van der Waals surface area contributed by atoms with Gasteiger partial charge in [0.2, 0.25) is 10.0 Å². The van der Waals surface area contributed by atoms with Crippen molar-refractivity contribution < 1.29 is 12.8 Å². The van der Waals surface area contributed by atoms with Crippen molar-refractivity contribution in [3.8, 4) is 0 Å². The van der Waals surface area contributed by atoms with Crippen molar-refractivity contribution in [2.75, 3.05) is 0 Å². The Kier molecular flexibility index (Phi) is 4.97. The van der Waals surface area contributed by atoms with E-state index in [1.165, 1.54) is 11.1 Å². The summed E-state index contributed by atoms with van der Waals surface area (Å²) < 4.78 is 32.5. The third-order valence-corrected chi connectivity index (χ3v) is 5.16. The smallest absolute Gasteiger partial charge is 0.244 e. The quantitative estimate of drug-likeness (QED) is 0.895. The van der Waals surface area contributed by atoms with E-state index >= 15 is 0 Å². The summed E-state index contributed by atoms with van der Waals surface area (Å²) in [5.41, 5.74) is 3.48. The van der Waals surface area contributed by atoms with E-state index < -0.39 is 10.0 Å². The largest absolute Gasteiger partial charge is 0.465 e. The molecule has 0 atom stereocenters. The fourth-order valence-corrected chi connectivity index (χ4v) is 3.84. The highest BCUT2D eigenvalue weighted by Crippen LogP contribution is 2.20. The maximum atomic E-state index is 12.3. The van der Waals surface area contributed by atoms with Gasteiger partial charge >= 0.3 is 0 Å². The Bertz CT molecular complexity index is 784. The van der Waals surface area contributed by atoms with Gasteiger partial charge in [0.05, 0.1) is 0 Å². The van der Waals surface area contributed by atoms with E-state index in [9.17, 15) is 8.42 Å². The van der Waals surface area contributed by atoms with E-state index in [1.54, 1.807) is 19.9 Å². The zero-order valence-electron chi connectivity index (χ0n) is 12.5. The number of halogens is 1. The second kappa shape index (κ2) is 6.42. The lowest BCUT2D eigenvalue weighted by atomic mass is 10.1. The Labute approximate surface area is 136 Å². The van der Waals surface area contributed by atoms with Gasteiger partial charge < -0.3 is 9.73 Å². The highest BCUT2D eigenvalue weighted by atomic mass is 35.5. The molecule has 0 fully saturated rings. The highest BCUT2D eigenvalue weighted by Gasteiger charge is 2.20. The lowest BCUT2D eigenvalue weighted by Crippen LogP contribution is -2.23. The van der Waals surface area contributed by atoms with Gasteiger partial charge in [-0.1, -0.05) is 18.2 Å². The third kappa shape index (κ3) is 3.35. The number of hydrogen-bond donors (Lipinski definition) is 2. The van der Waals surface area contributed by atoms with Gasteiger partial charge in [-0.25, -0.2) is 13.1 Å². The first kappa shape index (κ1) is 17.0. The van der Waals surface area contributed by atoms with Gasteiger partial charge in [-0.05, 0) is 36.6 Å². The molecule has 3 rings (SSSR count). The van der Waals surface area contributed by atoms with E-state index in [4.69, 9.17) is 4.42 Å². The van der Waals surface area contributed by atoms with Gasteiger partial charge in [0, 0.05) is 19.6 Å². The monoisotopic (exact) mass is 342 g/mol. The van der Waals surface area contributed by atoms with Crippen LogP contribution in [0.5, 0.6) is 0 Å². The summed E-state index contributed by atoms with van der Waals surface area (Å²) in [5, 5.41) is 3.27. The number of furan rings is 1. The van der Waals surface area contributed by atoms with Crippen LogP contribution in [0.2, 0.25) is 0 Å². The van der Waals surface area contributed by atoms with Gasteiger partial charge in [0.15, 0.2) is 0 Å². The summed E-state index contributed by atoms with van der Waals surface area (Å²) >= 11 is 0. The molecular formula is C15H19ClN2O3S. The lowest BCUT2D eigenvalue weighted by Gasteiger charge is -2.07. The molecule has 0 unspecified atom stereocenters. The maximum Gasteiger partial charge on any atom is 0.244 e. The Balaban J connectivity index is 0.00000176. The summed E-state index contributed by atoms with van der Waals surface area (Å²) in [6, 6.07) is 7.60. The minimum absolute atomic E-state index is 0. The van der Waals surface area contributed by atoms with Crippen LogP contribution in [0.15, 0.2) is 33.6 Å². The minimum Gasteiger partial charge on any atom is -0.465 e. The zero-order chi connectivity index (χ0) is 15.0. The summed E-state index contributed by atoms with van der Waals surface area (Å²) in [5.74, 6) is 1.01.